The summed E-state index contributed by atoms with van der Waals surface area (Å²) in [5.41, 5.74) is 1.31. The minimum atomic E-state index is 0.124. The molecule has 1 unspecified atom stereocenters. The van der Waals surface area contributed by atoms with Gasteiger partial charge in [-0.2, -0.15) is 5.26 Å². The Labute approximate surface area is 117 Å². The molecule has 1 aliphatic heterocycles. The molecule has 1 saturated heterocycles. The summed E-state index contributed by atoms with van der Waals surface area (Å²) in [5.74, 6) is 0. The van der Waals surface area contributed by atoms with Crippen LogP contribution in [0.3, 0.4) is 0 Å². The van der Waals surface area contributed by atoms with Gasteiger partial charge in [-0.05, 0) is 45.2 Å². The van der Waals surface area contributed by atoms with Crippen LogP contribution < -0.4 is 0 Å². The van der Waals surface area contributed by atoms with E-state index in [2.05, 4.69) is 35.2 Å². The first-order chi connectivity index (χ1) is 9.31. The summed E-state index contributed by atoms with van der Waals surface area (Å²) in [6.07, 6.45) is 7.46. The molecule has 0 spiro atoms. The first-order valence-corrected chi connectivity index (χ1v) is 7.06. The number of nitrogens with zero attached hydrogens (tertiary/aromatic N) is 2. The fraction of sp³-hybridized carbons (Fsp3) is 0.471. The number of nitriles is 1. The zero-order valence-electron chi connectivity index (χ0n) is 12.0. The van der Waals surface area contributed by atoms with Crippen LogP contribution in [0, 0.1) is 11.3 Å². The van der Waals surface area contributed by atoms with Crippen molar-refractivity contribution in [3.63, 3.8) is 0 Å². The molecule has 2 rings (SSSR count). The van der Waals surface area contributed by atoms with Crippen molar-refractivity contribution in [1.82, 2.24) is 4.90 Å². The van der Waals surface area contributed by atoms with Gasteiger partial charge < -0.3 is 0 Å². The molecule has 0 aliphatic carbocycles. The van der Waals surface area contributed by atoms with Crippen LogP contribution in [0.2, 0.25) is 0 Å². The van der Waals surface area contributed by atoms with Crippen LogP contribution in [-0.2, 0) is 6.54 Å². The largest absolute Gasteiger partial charge is 0.284 e. The molecule has 0 amide bonds. The smallest absolute Gasteiger partial charge is 0.0980 e. The molecule has 0 radical (unpaired) electrons. The van der Waals surface area contributed by atoms with Crippen LogP contribution in [0.25, 0.3) is 0 Å². The van der Waals surface area contributed by atoms with E-state index in [0.29, 0.717) is 0 Å². The van der Waals surface area contributed by atoms with Crippen LogP contribution in [0.4, 0.5) is 0 Å². The fourth-order valence-electron chi connectivity index (χ4n) is 2.14. The summed E-state index contributed by atoms with van der Waals surface area (Å²) in [7, 11) is 0. The van der Waals surface area contributed by atoms with Gasteiger partial charge in [-0.15, -0.1) is 0 Å². The van der Waals surface area contributed by atoms with E-state index in [0.717, 1.165) is 19.5 Å². The van der Waals surface area contributed by atoms with Gasteiger partial charge in [0.1, 0.15) is 0 Å². The van der Waals surface area contributed by atoms with Crippen molar-refractivity contribution in [3.05, 3.63) is 48.0 Å². The predicted octanol–water partition coefficient (Wildman–Crippen LogP) is 4.15. The van der Waals surface area contributed by atoms with Gasteiger partial charge in [0.15, 0.2) is 0 Å². The van der Waals surface area contributed by atoms with Crippen LogP contribution in [-0.4, -0.2) is 17.5 Å². The Kier molecular flexibility index (Phi) is 7.62. The van der Waals surface area contributed by atoms with E-state index < -0.39 is 0 Å². The van der Waals surface area contributed by atoms with Gasteiger partial charge in [0, 0.05) is 6.54 Å². The highest BCUT2D eigenvalue weighted by atomic mass is 15.2. The van der Waals surface area contributed by atoms with E-state index in [9.17, 15) is 0 Å². The minimum absolute atomic E-state index is 0.124. The first-order valence-electron chi connectivity index (χ1n) is 7.06. The maximum Gasteiger partial charge on any atom is 0.0980 e. The van der Waals surface area contributed by atoms with E-state index >= 15 is 0 Å². The third-order valence-electron chi connectivity index (χ3n) is 3.32. The van der Waals surface area contributed by atoms with Gasteiger partial charge in [-0.25, -0.2) is 0 Å². The van der Waals surface area contributed by atoms with Crippen LogP contribution in [0.1, 0.15) is 38.7 Å². The molecule has 1 aromatic carbocycles. The lowest BCUT2D eigenvalue weighted by Gasteiger charge is -2.31. The molecular formula is C17H24N2. The van der Waals surface area contributed by atoms with E-state index in [1.165, 1.54) is 18.4 Å². The standard InChI is InChI=1S/C13H16N2.C4H8/c14-10-13-8-4-5-9-15(13)11-12-6-2-1-3-7-12;1-3-4-2/h1-3,6-7,13H,4-5,8-9,11H2;3-4H,1-2H3/b;4-3-. The summed E-state index contributed by atoms with van der Waals surface area (Å²) in [4.78, 5) is 2.29. The van der Waals surface area contributed by atoms with Crippen LogP contribution in [0.5, 0.6) is 0 Å². The van der Waals surface area contributed by atoms with Crippen molar-refractivity contribution in [2.45, 2.75) is 45.7 Å². The average molecular weight is 256 g/mol. The van der Waals surface area contributed by atoms with Crippen molar-refractivity contribution >= 4 is 0 Å². The van der Waals surface area contributed by atoms with Gasteiger partial charge in [-0.3, -0.25) is 4.90 Å². The van der Waals surface area contributed by atoms with Crippen LogP contribution in [0.15, 0.2) is 42.5 Å². The summed E-state index contributed by atoms with van der Waals surface area (Å²) < 4.78 is 0. The molecule has 1 aliphatic rings. The Hall–Kier alpha value is -1.59. The van der Waals surface area contributed by atoms with Crippen molar-refractivity contribution in [2.24, 2.45) is 0 Å². The number of likely N-dealkylation sites (tertiary alicyclic amines) is 1. The number of allylic oxidation sites excluding steroid dienone is 2. The van der Waals surface area contributed by atoms with Gasteiger partial charge in [-0.1, -0.05) is 42.5 Å². The quantitative estimate of drug-likeness (QED) is 0.743. The summed E-state index contributed by atoms with van der Waals surface area (Å²) in [6, 6.07) is 12.9. The molecule has 19 heavy (non-hydrogen) atoms. The molecule has 0 aromatic heterocycles. The Morgan fingerprint density at radius 3 is 2.47 bits per heavy atom. The number of hydrogen-bond donors (Lipinski definition) is 0. The predicted molar refractivity (Wildman–Crippen MR) is 80.6 cm³/mol. The van der Waals surface area contributed by atoms with Crippen molar-refractivity contribution in [2.75, 3.05) is 6.54 Å². The summed E-state index contributed by atoms with van der Waals surface area (Å²) >= 11 is 0. The Morgan fingerprint density at radius 1 is 1.21 bits per heavy atom. The molecule has 0 N–H and O–H groups in total. The number of rotatable bonds is 2. The maximum absolute atomic E-state index is 9.05. The molecular weight excluding hydrogens is 232 g/mol. The second-order valence-corrected chi connectivity index (χ2v) is 4.76. The maximum atomic E-state index is 9.05. The number of benzene rings is 1. The highest BCUT2D eigenvalue weighted by molar-refractivity contribution is 5.15. The molecule has 2 heteroatoms. The lowest BCUT2D eigenvalue weighted by molar-refractivity contribution is 0.176. The highest BCUT2D eigenvalue weighted by Gasteiger charge is 2.21. The van der Waals surface area contributed by atoms with Crippen molar-refractivity contribution in [1.29, 1.82) is 5.26 Å². The van der Waals surface area contributed by atoms with E-state index in [4.69, 9.17) is 5.26 Å². The van der Waals surface area contributed by atoms with Gasteiger partial charge in [0.05, 0.1) is 12.1 Å². The second kappa shape index (κ2) is 9.35. The van der Waals surface area contributed by atoms with Gasteiger partial charge in [0.25, 0.3) is 0 Å². The second-order valence-electron chi connectivity index (χ2n) is 4.76. The Morgan fingerprint density at radius 2 is 1.89 bits per heavy atom. The number of piperidine rings is 1. The Bertz CT molecular complexity index is 399. The first kappa shape index (κ1) is 15.5. The van der Waals surface area contributed by atoms with E-state index in [-0.39, 0.29) is 6.04 Å². The molecule has 1 atom stereocenters. The van der Waals surface area contributed by atoms with Crippen molar-refractivity contribution in [3.8, 4) is 6.07 Å². The molecule has 2 nitrogen and oxygen atoms in total. The third kappa shape index (κ3) is 5.72. The zero-order chi connectivity index (χ0) is 13.9. The summed E-state index contributed by atoms with van der Waals surface area (Å²) in [5, 5.41) is 9.05. The topological polar surface area (TPSA) is 27.0 Å². The normalized spacial score (nSPS) is 19.5. The summed E-state index contributed by atoms with van der Waals surface area (Å²) in [6.45, 7) is 5.98. The van der Waals surface area contributed by atoms with E-state index in [1.807, 2.05) is 32.1 Å². The SMILES string of the molecule is C/C=C\C.N#CC1CCCCN1Cc1ccccc1. The average Bonchev–Trinajstić information content (AvgIpc) is 2.49. The molecule has 1 fully saturated rings. The molecule has 1 heterocycles. The monoisotopic (exact) mass is 256 g/mol. The molecule has 102 valence electrons. The molecule has 0 bridgehead atoms. The lowest BCUT2D eigenvalue weighted by atomic mass is 10.0. The van der Waals surface area contributed by atoms with Gasteiger partial charge in [0.2, 0.25) is 0 Å². The fourth-order valence-corrected chi connectivity index (χ4v) is 2.14. The number of hydrogen-bond acceptors (Lipinski definition) is 2. The van der Waals surface area contributed by atoms with Crippen LogP contribution >= 0.6 is 0 Å². The minimum Gasteiger partial charge on any atom is -0.284 e. The molecule has 0 saturated carbocycles. The van der Waals surface area contributed by atoms with Crippen molar-refractivity contribution < 1.29 is 0 Å². The molecule has 1 aromatic rings. The Balaban J connectivity index is 0.000000399. The van der Waals surface area contributed by atoms with E-state index in [1.54, 1.807) is 0 Å². The third-order valence-corrected chi connectivity index (χ3v) is 3.32. The zero-order valence-corrected chi connectivity index (χ0v) is 12.0. The highest BCUT2D eigenvalue weighted by Crippen LogP contribution is 2.18. The lowest BCUT2D eigenvalue weighted by Crippen LogP contribution is -2.37. The van der Waals surface area contributed by atoms with Gasteiger partial charge >= 0.3 is 0 Å².